The zero-order valence-electron chi connectivity index (χ0n) is 14.7. The lowest BCUT2D eigenvalue weighted by Crippen LogP contribution is -2.25. The third-order valence-electron chi connectivity index (χ3n) is 3.54. The first-order chi connectivity index (χ1) is 13.0. The first kappa shape index (κ1) is 19.5. The quantitative estimate of drug-likeness (QED) is 0.470. The number of anilines is 1. The van der Waals surface area contributed by atoms with E-state index in [1.54, 1.807) is 54.6 Å². The molecule has 2 N–H and O–H groups in total. The van der Waals surface area contributed by atoms with Crippen LogP contribution in [0.2, 0.25) is 0 Å². The molecule has 0 aliphatic carbocycles. The Labute approximate surface area is 157 Å². The Kier molecular flexibility index (Phi) is 6.91. The SMILES string of the molecule is C#CCNC(=O)c1ccccc1NC(=O)/C=C/c1ccc(C(=O)OC)cc1. The normalized spacial score (nSPS) is 10.1. The van der Waals surface area contributed by atoms with Crippen molar-refractivity contribution in [3.8, 4) is 12.3 Å². The molecule has 0 heterocycles. The number of terminal acetylenes is 1. The van der Waals surface area contributed by atoms with Crippen molar-refractivity contribution in [2.75, 3.05) is 19.0 Å². The molecule has 2 aromatic carbocycles. The third kappa shape index (κ3) is 5.58. The average Bonchev–Trinajstić information content (AvgIpc) is 2.70. The Bertz CT molecular complexity index is 909. The van der Waals surface area contributed by atoms with Gasteiger partial charge in [-0.25, -0.2) is 4.79 Å². The Morgan fingerprint density at radius 2 is 1.81 bits per heavy atom. The molecule has 6 heteroatoms. The molecule has 2 amide bonds. The number of nitrogens with one attached hydrogen (secondary N) is 2. The molecule has 0 fully saturated rings. The van der Waals surface area contributed by atoms with Crippen LogP contribution in [0.1, 0.15) is 26.3 Å². The molecular formula is C21H18N2O4. The van der Waals surface area contributed by atoms with Gasteiger partial charge >= 0.3 is 5.97 Å². The molecule has 0 saturated heterocycles. The van der Waals surface area contributed by atoms with Gasteiger partial charge in [0.05, 0.1) is 30.5 Å². The Morgan fingerprint density at radius 1 is 1.11 bits per heavy atom. The second-order valence-electron chi connectivity index (χ2n) is 5.37. The second kappa shape index (κ2) is 9.59. The Balaban J connectivity index is 2.05. The molecule has 2 rings (SSSR count). The molecule has 2 aromatic rings. The van der Waals surface area contributed by atoms with Crippen LogP contribution in [0, 0.1) is 12.3 Å². The zero-order chi connectivity index (χ0) is 19.6. The number of hydrogen-bond donors (Lipinski definition) is 2. The van der Waals surface area contributed by atoms with Gasteiger partial charge in [-0.05, 0) is 35.9 Å². The van der Waals surface area contributed by atoms with Crippen molar-refractivity contribution < 1.29 is 19.1 Å². The average molecular weight is 362 g/mol. The van der Waals surface area contributed by atoms with E-state index < -0.39 is 11.9 Å². The molecule has 6 nitrogen and oxygen atoms in total. The number of methoxy groups -OCH3 is 1. The topological polar surface area (TPSA) is 84.5 Å². The predicted octanol–water partition coefficient (Wildman–Crippen LogP) is 2.49. The fourth-order valence-corrected chi connectivity index (χ4v) is 2.21. The van der Waals surface area contributed by atoms with Gasteiger partial charge in [0.25, 0.3) is 5.91 Å². The minimum Gasteiger partial charge on any atom is -0.465 e. The summed E-state index contributed by atoms with van der Waals surface area (Å²) in [5, 5.41) is 5.22. The largest absolute Gasteiger partial charge is 0.465 e. The Morgan fingerprint density at radius 3 is 2.48 bits per heavy atom. The summed E-state index contributed by atoms with van der Waals surface area (Å²) in [4.78, 5) is 35.6. The number of para-hydroxylation sites is 1. The van der Waals surface area contributed by atoms with Crippen LogP contribution in [0.5, 0.6) is 0 Å². The van der Waals surface area contributed by atoms with Crippen LogP contribution in [-0.2, 0) is 9.53 Å². The fraction of sp³-hybridized carbons (Fsp3) is 0.0952. The van der Waals surface area contributed by atoms with Crippen molar-refractivity contribution >= 4 is 29.5 Å². The maximum Gasteiger partial charge on any atom is 0.337 e. The number of benzene rings is 2. The van der Waals surface area contributed by atoms with Crippen LogP contribution in [0.25, 0.3) is 6.08 Å². The predicted molar refractivity (Wildman–Crippen MR) is 103 cm³/mol. The monoisotopic (exact) mass is 362 g/mol. The van der Waals surface area contributed by atoms with E-state index in [4.69, 9.17) is 6.42 Å². The van der Waals surface area contributed by atoms with E-state index in [9.17, 15) is 14.4 Å². The number of amides is 2. The minimum atomic E-state index is -0.428. The summed E-state index contributed by atoms with van der Waals surface area (Å²) in [5.41, 5.74) is 1.85. The van der Waals surface area contributed by atoms with E-state index in [1.165, 1.54) is 13.2 Å². The first-order valence-electron chi connectivity index (χ1n) is 8.03. The van der Waals surface area contributed by atoms with Gasteiger partial charge < -0.3 is 15.4 Å². The number of rotatable bonds is 6. The molecule has 136 valence electrons. The third-order valence-corrected chi connectivity index (χ3v) is 3.54. The van der Waals surface area contributed by atoms with Gasteiger partial charge in [-0.2, -0.15) is 0 Å². The number of ether oxygens (including phenoxy) is 1. The summed E-state index contributed by atoms with van der Waals surface area (Å²) >= 11 is 0. The van der Waals surface area contributed by atoms with Gasteiger partial charge in [0.15, 0.2) is 0 Å². The lowest BCUT2D eigenvalue weighted by atomic mass is 10.1. The maximum atomic E-state index is 12.2. The molecular weight excluding hydrogens is 344 g/mol. The van der Waals surface area contributed by atoms with Crippen molar-refractivity contribution in [2.45, 2.75) is 0 Å². The molecule has 0 atom stereocenters. The van der Waals surface area contributed by atoms with Gasteiger partial charge in [-0.3, -0.25) is 9.59 Å². The highest BCUT2D eigenvalue weighted by molar-refractivity contribution is 6.07. The van der Waals surface area contributed by atoms with Crippen LogP contribution in [-0.4, -0.2) is 31.4 Å². The summed E-state index contributed by atoms with van der Waals surface area (Å²) in [5.74, 6) is 1.13. The molecule has 0 unspecified atom stereocenters. The van der Waals surface area contributed by atoms with Gasteiger partial charge in [0, 0.05) is 6.08 Å². The lowest BCUT2D eigenvalue weighted by Gasteiger charge is -2.09. The van der Waals surface area contributed by atoms with Crippen molar-refractivity contribution in [3.05, 3.63) is 71.3 Å². The number of esters is 1. The maximum absolute atomic E-state index is 12.2. The van der Waals surface area contributed by atoms with E-state index in [1.807, 2.05) is 0 Å². The van der Waals surface area contributed by atoms with Crippen molar-refractivity contribution in [1.82, 2.24) is 5.32 Å². The van der Waals surface area contributed by atoms with Crippen molar-refractivity contribution in [3.63, 3.8) is 0 Å². The zero-order valence-corrected chi connectivity index (χ0v) is 14.7. The van der Waals surface area contributed by atoms with E-state index in [2.05, 4.69) is 21.3 Å². The molecule has 0 aliphatic heterocycles. The molecule has 0 spiro atoms. The van der Waals surface area contributed by atoms with E-state index in [0.29, 0.717) is 16.8 Å². The lowest BCUT2D eigenvalue weighted by molar-refractivity contribution is -0.111. The molecule has 27 heavy (non-hydrogen) atoms. The van der Waals surface area contributed by atoms with E-state index >= 15 is 0 Å². The van der Waals surface area contributed by atoms with Crippen LogP contribution in [0.15, 0.2) is 54.6 Å². The van der Waals surface area contributed by atoms with Gasteiger partial charge in [-0.1, -0.05) is 30.2 Å². The summed E-state index contributed by atoms with van der Waals surface area (Å²) in [6.45, 7) is 0.0998. The van der Waals surface area contributed by atoms with Crippen LogP contribution in [0.4, 0.5) is 5.69 Å². The molecule has 0 bridgehead atoms. The highest BCUT2D eigenvalue weighted by Crippen LogP contribution is 2.15. The minimum absolute atomic E-state index is 0.0998. The van der Waals surface area contributed by atoms with Gasteiger partial charge in [0.2, 0.25) is 5.91 Å². The summed E-state index contributed by atoms with van der Waals surface area (Å²) < 4.78 is 4.63. The molecule has 0 saturated carbocycles. The van der Waals surface area contributed by atoms with Gasteiger partial charge in [-0.15, -0.1) is 6.42 Å². The van der Waals surface area contributed by atoms with Crippen LogP contribution in [0.3, 0.4) is 0 Å². The first-order valence-corrected chi connectivity index (χ1v) is 8.03. The summed E-state index contributed by atoms with van der Waals surface area (Å²) in [7, 11) is 1.31. The highest BCUT2D eigenvalue weighted by Gasteiger charge is 2.11. The summed E-state index contributed by atoms with van der Waals surface area (Å²) in [6.07, 6.45) is 8.06. The van der Waals surface area contributed by atoms with Crippen LogP contribution >= 0.6 is 0 Å². The Hall–Kier alpha value is -3.85. The van der Waals surface area contributed by atoms with Crippen molar-refractivity contribution in [1.29, 1.82) is 0 Å². The summed E-state index contributed by atoms with van der Waals surface area (Å²) in [6, 6.07) is 13.2. The molecule has 0 aromatic heterocycles. The number of carbonyl (C=O) groups is 3. The van der Waals surface area contributed by atoms with E-state index in [0.717, 1.165) is 5.56 Å². The number of hydrogen-bond acceptors (Lipinski definition) is 4. The second-order valence-corrected chi connectivity index (χ2v) is 5.37. The highest BCUT2D eigenvalue weighted by atomic mass is 16.5. The molecule has 0 aliphatic rings. The fourth-order valence-electron chi connectivity index (χ4n) is 2.21. The van der Waals surface area contributed by atoms with E-state index in [-0.39, 0.29) is 12.5 Å². The molecule has 0 radical (unpaired) electrons. The van der Waals surface area contributed by atoms with Crippen LogP contribution < -0.4 is 10.6 Å². The standard InChI is InChI=1S/C21H18N2O4/c1-3-14-22-20(25)17-6-4-5-7-18(17)23-19(24)13-10-15-8-11-16(12-9-15)21(26)27-2/h1,4-13H,14H2,2H3,(H,22,25)(H,23,24)/b13-10+. The number of carbonyl (C=O) groups excluding carboxylic acids is 3. The van der Waals surface area contributed by atoms with Gasteiger partial charge in [0.1, 0.15) is 0 Å². The smallest absolute Gasteiger partial charge is 0.337 e. The van der Waals surface area contributed by atoms with Crippen molar-refractivity contribution in [2.24, 2.45) is 0 Å².